The Hall–Kier alpha value is -2.43. The second-order valence-electron chi connectivity index (χ2n) is 7.18. The van der Waals surface area contributed by atoms with Gasteiger partial charge in [0.15, 0.2) is 6.10 Å². The number of ether oxygens (including phenoxy) is 1. The van der Waals surface area contributed by atoms with E-state index in [1.165, 1.54) is 0 Å². The average Bonchev–Trinajstić information content (AvgIpc) is 2.97. The Morgan fingerprint density at radius 2 is 1.92 bits per heavy atom. The molecule has 2 aromatic rings. The van der Waals surface area contributed by atoms with E-state index < -0.39 is 6.10 Å². The Morgan fingerprint density at radius 1 is 1.21 bits per heavy atom. The summed E-state index contributed by atoms with van der Waals surface area (Å²) in [6, 6.07) is 9.40. The van der Waals surface area contributed by atoms with Crippen LogP contribution in [0, 0.1) is 0 Å². The van der Waals surface area contributed by atoms with Crippen molar-refractivity contribution in [1.82, 2.24) is 14.9 Å². The number of carbonyl (C=O) groups is 1. The SMILES string of the molecule is CC(Oc1ccccc1)C(=O)N1Cc2cnc(C(C)(C)C)nc2C1. The number of hydrogen-bond acceptors (Lipinski definition) is 4. The molecule has 5 heteroatoms. The molecule has 0 spiro atoms. The molecule has 3 rings (SSSR count). The van der Waals surface area contributed by atoms with Crippen LogP contribution in [0.2, 0.25) is 0 Å². The number of hydrogen-bond donors (Lipinski definition) is 0. The molecule has 1 amide bonds. The molecule has 1 aromatic heterocycles. The van der Waals surface area contributed by atoms with Crippen LogP contribution in [0.15, 0.2) is 36.5 Å². The van der Waals surface area contributed by atoms with Gasteiger partial charge in [-0.2, -0.15) is 0 Å². The summed E-state index contributed by atoms with van der Waals surface area (Å²) in [5, 5.41) is 0. The third-order valence-corrected chi connectivity index (χ3v) is 4.04. The summed E-state index contributed by atoms with van der Waals surface area (Å²) in [5.74, 6) is 1.48. The van der Waals surface area contributed by atoms with Gasteiger partial charge in [-0.05, 0) is 19.1 Å². The van der Waals surface area contributed by atoms with Crippen molar-refractivity contribution < 1.29 is 9.53 Å². The number of amides is 1. The van der Waals surface area contributed by atoms with E-state index in [1.54, 1.807) is 11.8 Å². The maximum atomic E-state index is 12.7. The van der Waals surface area contributed by atoms with Gasteiger partial charge in [-0.25, -0.2) is 9.97 Å². The van der Waals surface area contributed by atoms with Gasteiger partial charge >= 0.3 is 0 Å². The van der Waals surface area contributed by atoms with E-state index in [-0.39, 0.29) is 11.3 Å². The molecule has 0 saturated carbocycles. The molecule has 5 nitrogen and oxygen atoms in total. The van der Waals surface area contributed by atoms with Gasteiger partial charge < -0.3 is 9.64 Å². The van der Waals surface area contributed by atoms with E-state index in [9.17, 15) is 4.79 Å². The van der Waals surface area contributed by atoms with E-state index in [0.29, 0.717) is 18.8 Å². The summed E-state index contributed by atoms with van der Waals surface area (Å²) in [6.45, 7) is 9.10. The normalized spacial score (nSPS) is 15.1. The first-order chi connectivity index (χ1) is 11.3. The van der Waals surface area contributed by atoms with E-state index in [1.807, 2.05) is 36.5 Å². The van der Waals surface area contributed by atoms with Crippen molar-refractivity contribution in [2.75, 3.05) is 0 Å². The molecule has 1 aromatic carbocycles. The molecule has 2 heterocycles. The second kappa shape index (κ2) is 6.23. The minimum Gasteiger partial charge on any atom is -0.481 e. The van der Waals surface area contributed by atoms with Crippen LogP contribution in [0.3, 0.4) is 0 Å². The molecule has 0 aliphatic carbocycles. The monoisotopic (exact) mass is 325 g/mol. The fourth-order valence-electron chi connectivity index (χ4n) is 2.68. The maximum Gasteiger partial charge on any atom is 0.264 e. The lowest BCUT2D eigenvalue weighted by Crippen LogP contribution is -2.37. The average molecular weight is 325 g/mol. The number of carbonyl (C=O) groups excluding carboxylic acids is 1. The zero-order chi connectivity index (χ0) is 17.3. The lowest BCUT2D eigenvalue weighted by Gasteiger charge is -2.21. The van der Waals surface area contributed by atoms with E-state index >= 15 is 0 Å². The fraction of sp³-hybridized carbons (Fsp3) is 0.421. The molecule has 126 valence electrons. The largest absolute Gasteiger partial charge is 0.481 e. The third kappa shape index (κ3) is 3.40. The van der Waals surface area contributed by atoms with Crippen LogP contribution in [0.5, 0.6) is 5.75 Å². The van der Waals surface area contributed by atoms with Gasteiger partial charge in [0.1, 0.15) is 11.6 Å². The highest BCUT2D eigenvalue weighted by Crippen LogP contribution is 2.25. The molecule has 0 saturated heterocycles. The molecule has 1 unspecified atom stereocenters. The first-order valence-electron chi connectivity index (χ1n) is 8.20. The number of aromatic nitrogens is 2. The van der Waals surface area contributed by atoms with Crippen molar-refractivity contribution >= 4 is 5.91 Å². The van der Waals surface area contributed by atoms with Gasteiger partial charge in [0.05, 0.1) is 12.2 Å². The second-order valence-corrected chi connectivity index (χ2v) is 7.18. The topological polar surface area (TPSA) is 55.3 Å². The first kappa shape index (κ1) is 16.4. The molecule has 0 radical (unpaired) electrons. The molecular weight excluding hydrogens is 302 g/mol. The van der Waals surface area contributed by atoms with Crippen LogP contribution in [0.1, 0.15) is 44.8 Å². The maximum absolute atomic E-state index is 12.7. The summed E-state index contributed by atoms with van der Waals surface area (Å²) in [4.78, 5) is 23.5. The Balaban J connectivity index is 1.69. The first-order valence-corrected chi connectivity index (χ1v) is 8.20. The predicted octanol–water partition coefficient (Wildman–Crippen LogP) is 3.08. The fourth-order valence-corrected chi connectivity index (χ4v) is 2.68. The number of benzene rings is 1. The van der Waals surface area contributed by atoms with Gasteiger partial charge in [0.25, 0.3) is 5.91 Å². The minimum atomic E-state index is -0.531. The van der Waals surface area contributed by atoms with Crippen LogP contribution in [-0.2, 0) is 23.3 Å². The Morgan fingerprint density at radius 3 is 2.58 bits per heavy atom. The predicted molar refractivity (Wildman–Crippen MR) is 91.5 cm³/mol. The van der Waals surface area contributed by atoms with E-state index in [2.05, 4.69) is 30.7 Å². The van der Waals surface area contributed by atoms with Crippen molar-refractivity contribution in [3.8, 4) is 5.75 Å². The summed E-state index contributed by atoms with van der Waals surface area (Å²) < 4.78 is 5.74. The van der Waals surface area contributed by atoms with Crippen LogP contribution in [0.25, 0.3) is 0 Å². The highest BCUT2D eigenvalue weighted by molar-refractivity contribution is 5.81. The van der Waals surface area contributed by atoms with Crippen molar-refractivity contribution in [2.45, 2.75) is 52.3 Å². The van der Waals surface area contributed by atoms with Gasteiger partial charge in [-0.15, -0.1) is 0 Å². The zero-order valence-electron chi connectivity index (χ0n) is 14.6. The number of nitrogens with zero attached hydrogens (tertiary/aromatic N) is 3. The summed E-state index contributed by atoms with van der Waals surface area (Å²) in [5.41, 5.74) is 1.86. The standard InChI is InChI=1S/C19H23N3O2/c1-13(24-15-8-6-5-7-9-15)17(23)22-11-14-10-20-18(19(2,3)4)21-16(14)12-22/h5-10,13H,11-12H2,1-4H3. The summed E-state index contributed by atoms with van der Waals surface area (Å²) >= 11 is 0. The number of rotatable bonds is 3. The van der Waals surface area contributed by atoms with Crippen LogP contribution < -0.4 is 4.74 Å². The van der Waals surface area contributed by atoms with E-state index in [0.717, 1.165) is 17.1 Å². The molecule has 0 fully saturated rings. The molecule has 1 aliphatic rings. The van der Waals surface area contributed by atoms with Crippen LogP contribution >= 0.6 is 0 Å². The molecule has 1 aliphatic heterocycles. The van der Waals surface area contributed by atoms with Gasteiger partial charge in [-0.1, -0.05) is 39.0 Å². The van der Waals surface area contributed by atoms with Crippen LogP contribution in [0.4, 0.5) is 0 Å². The summed E-state index contributed by atoms with van der Waals surface area (Å²) in [7, 11) is 0. The Kier molecular flexibility index (Phi) is 4.26. The molecule has 1 atom stereocenters. The third-order valence-electron chi connectivity index (χ3n) is 4.04. The van der Waals surface area contributed by atoms with Crippen LogP contribution in [-0.4, -0.2) is 26.9 Å². The van der Waals surface area contributed by atoms with Gasteiger partial charge in [0, 0.05) is 23.7 Å². The molecule has 24 heavy (non-hydrogen) atoms. The highest BCUT2D eigenvalue weighted by atomic mass is 16.5. The Bertz CT molecular complexity index is 738. The molecule has 0 bridgehead atoms. The molecule has 0 N–H and O–H groups in total. The lowest BCUT2D eigenvalue weighted by molar-refractivity contribution is -0.138. The quantitative estimate of drug-likeness (QED) is 0.870. The van der Waals surface area contributed by atoms with Crippen molar-refractivity contribution in [2.24, 2.45) is 0 Å². The van der Waals surface area contributed by atoms with Gasteiger partial charge in [0.2, 0.25) is 0 Å². The molecular formula is C19H23N3O2. The van der Waals surface area contributed by atoms with Crippen molar-refractivity contribution in [1.29, 1.82) is 0 Å². The van der Waals surface area contributed by atoms with Crippen molar-refractivity contribution in [3.63, 3.8) is 0 Å². The number of para-hydroxylation sites is 1. The smallest absolute Gasteiger partial charge is 0.264 e. The van der Waals surface area contributed by atoms with Crippen molar-refractivity contribution in [3.05, 3.63) is 53.6 Å². The van der Waals surface area contributed by atoms with Gasteiger partial charge in [-0.3, -0.25) is 4.79 Å². The summed E-state index contributed by atoms with van der Waals surface area (Å²) in [6.07, 6.45) is 1.32. The zero-order valence-corrected chi connectivity index (χ0v) is 14.6. The highest BCUT2D eigenvalue weighted by Gasteiger charge is 2.30. The van der Waals surface area contributed by atoms with E-state index in [4.69, 9.17) is 4.74 Å². The minimum absolute atomic E-state index is 0.0332. The lowest BCUT2D eigenvalue weighted by atomic mass is 9.95. The Labute approximate surface area is 142 Å². The number of fused-ring (bicyclic) bond motifs is 1.